The van der Waals surface area contributed by atoms with Gasteiger partial charge in [0, 0.05) is 29.2 Å². The maximum atomic E-state index is 14.3. The first kappa shape index (κ1) is 33.8. The Labute approximate surface area is 262 Å². The van der Waals surface area contributed by atoms with Gasteiger partial charge in [-0.3, -0.25) is 13.9 Å². The standard InChI is InChI=1S/C30H35Cl2N3O7S/c1-6-15-33-30(37)20(2)34(18-21-9-7-8-10-24(21)32)29(36)19-35(25-16-22(31)11-13-26(25)40-3)43(38,39)23-12-14-27(41-4)28(17-23)42-5/h7-14,16-17,20H,6,15,18-19H2,1-5H3,(H,33,37)/t20-/m1/s1. The fourth-order valence-electron chi connectivity index (χ4n) is 4.26. The zero-order valence-corrected chi connectivity index (χ0v) is 26.9. The van der Waals surface area contributed by atoms with Crippen LogP contribution in [0.3, 0.4) is 0 Å². The number of sulfonamides is 1. The van der Waals surface area contributed by atoms with Crippen molar-refractivity contribution in [3.8, 4) is 17.2 Å². The van der Waals surface area contributed by atoms with Gasteiger partial charge in [-0.05, 0) is 55.3 Å². The van der Waals surface area contributed by atoms with Gasteiger partial charge in [0.05, 0.1) is 31.9 Å². The molecular weight excluding hydrogens is 617 g/mol. The van der Waals surface area contributed by atoms with Gasteiger partial charge in [0.2, 0.25) is 11.8 Å². The summed E-state index contributed by atoms with van der Waals surface area (Å²) >= 11 is 12.7. The number of carbonyl (C=O) groups is 2. The van der Waals surface area contributed by atoms with E-state index in [1.54, 1.807) is 31.2 Å². The van der Waals surface area contributed by atoms with Crippen molar-refractivity contribution < 1.29 is 32.2 Å². The summed E-state index contributed by atoms with van der Waals surface area (Å²) in [7, 11) is -0.259. The predicted octanol–water partition coefficient (Wildman–Crippen LogP) is 5.16. The van der Waals surface area contributed by atoms with Crippen LogP contribution in [0.25, 0.3) is 0 Å². The molecule has 1 N–H and O–H groups in total. The first-order valence-electron chi connectivity index (χ1n) is 13.4. The summed E-state index contributed by atoms with van der Waals surface area (Å²) in [6.45, 7) is 3.16. The van der Waals surface area contributed by atoms with Crippen molar-refractivity contribution in [2.45, 2.75) is 37.8 Å². The molecular formula is C30H35Cl2N3O7S. The molecule has 0 saturated heterocycles. The minimum atomic E-state index is -4.45. The average molecular weight is 653 g/mol. The van der Waals surface area contributed by atoms with Gasteiger partial charge in [-0.2, -0.15) is 0 Å². The molecule has 0 aliphatic carbocycles. The Hall–Kier alpha value is -3.67. The van der Waals surface area contributed by atoms with Crippen molar-refractivity contribution in [2.24, 2.45) is 0 Å². The largest absolute Gasteiger partial charge is 0.495 e. The van der Waals surface area contributed by atoms with Crippen LogP contribution in [0.2, 0.25) is 10.0 Å². The van der Waals surface area contributed by atoms with Crippen molar-refractivity contribution in [2.75, 3.05) is 38.7 Å². The lowest BCUT2D eigenvalue weighted by molar-refractivity contribution is -0.139. The number of ether oxygens (including phenoxy) is 3. The number of benzene rings is 3. The summed E-state index contributed by atoms with van der Waals surface area (Å²) < 4.78 is 45.5. The van der Waals surface area contributed by atoms with Crippen LogP contribution in [0.4, 0.5) is 5.69 Å². The second kappa shape index (κ2) is 15.2. The molecule has 0 unspecified atom stereocenters. The zero-order chi connectivity index (χ0) is 31.7. The van der Waals surface area contributed by atoms with Crippen molar-refractivity contribution in [3.63, 3.8) is 0 Å². The van der Waals surface area contributed by atoms with Crippen LogP contribution in [0.15, 0.2) is 65.6 Å². The summed E-state index contributed by atoms with van der Waals surface area (Å²) in [6.07, 6.45) is 0.697. The third kappa shape index (κ3) is 8.04. The number of rotatable bonds is 14. The fourth-order valence-corrected chi connectivity index (χ4v) is 6.06. The van der Waals surface area contributed by atoms with Crippen molar-refractivity contribution >= 4 is 50.7 Å². The smallest absolute Gasteiger partial charge is 0.265 e. The topological polar surface area (TPSA) is 114 Å². The Morgan fingerprint density at radius 3 is 2.19 bits per heavy atom. The zero-order valence-electron chi connectivity index (χ0n) is 24.6. The minimum absolute atomic E-state index is 0.0268. The summed E-state index contributed by atoms with van der Waals surface area (Å²) in [4.78, 5) is 28.3. The number of carbonyl (C=O) groups excluding carboxylic acids is 2. The van der Waals surface area contributed by atoms with E-state index in [-0.39, 0.29) is 33.6 Å². The third-order valence-electron chi connectivity index (χ3n) is 6.65. The molecule has 0 spiro atoms. The highest BCUT2D eigenvalue weighted by Crippen LogP contribution is 2.37. The number of amides is 2. The molecule has 13 heteroatoms. The Morgan fingerprint density at radius 1 is 0.907 bits per heavy atom. The quantitative estimate of drug-likeness (QED) is 0.256. The van der Waals surface area contributed by atoms with E-state index in [4.69, 9.17) is 37.4 Å². The number of hydrogen-bond acceptors (Lipinski definition) is 7. The molecule has 232 valence electrons. The predicted molar refractivity (Wildman–Crippen MR) is 167 cm³/mol. The van der Waals surface area contributed by atoms with Crippen molar-refractivity contribution in [1.29, 1.82) is 0 Å². The molecule has 0 aromatic heterocycles. The van der Waals surface area contributed by atoms with Gasteiger partial charge < -0.3 is 24.4 Å². The first-order chi connectivity index (χ1) is 20.5. The normalized spacial score (nSPS) is 11.8. The van der Waals surface area contributed by atoms with Gasteiger partial charge in [0.1, 0.15) is 18.3 Å². The van der Waals surface area contributed by atoms with E-state index in [0.717, 1.165) is 4.31 Å². The molecule has 0 aliphatic rings. The molecule has 3 aromatic carbocycles. The minimum Gasteiger partial charge on any atom is -0.495 e. The fraction of sp³-hybridized carbons (Fsp3) is 0.333. The highest BCUT2D eigenvalue weighted by Gasteiger charge is 2.34. The Bertz CT molecular complexity index is 1550. The number of nitrogens with zero attached hydrogens (tertiary/aromatic N) is 2. The molecule has 0 fully saturated rings. The molecule has 0 radical (unpaired) electrons. The number of anilines is 1. The average Bonchev–Trinajstić information content (AvgIpc) is 3.01. The third-order valence-corrected chi connectivity index (χ3v) is 9.01. The first-order valence-corrected chi connectivity index (χ1v) is 15.6. The second-order valence-electron chi connectivity index (χ2n) is 9.42. The van der Waals surface area contributed by atoms with E-state index in [9.17, 15) is 18.0 Å². The van der Waals surface area contributed by atoms with Gasteiger partial charge in [0.25, 0.3) is 10.0 Å². The summed E-state index contributed by atoms with van der Waals surface area (Å²) in [5.74, 6) is -0.397. The molecule has 1 atom stereocenters. The Balaban J connectivity index is 2.15. The Morgan fingerprint density at radius 2 is 1.56 bits per heavy atom. The number of halogens is 2. The molecule has 0 bridgehead atoms. The molecule has 43 heavy (non-hydrogen) atoms. The van der Waals surface area contributed by atoms with Gasteiger partial charge in [0.15, 0.2) is 11.5 Å². The summed E-state index contributed by atoms with van der Waals surface area (Å²) in [6, 6.07) is 14.5. The van der Waals surface area contributed by atoms with Crippen LogP contribution >= 0.6 is 23.2 Å². The van der Waals surface area contributed by atoms with E-state index >= 15 is 0 Å². The van der Waals surface area contributed by atoms with E-state index in [1.807, 2.05) is 6.92 Å². The lowest BCUT2D eigenvalue weighted by Crippen LogP contribution is -2.51. The number of methoxy groups -OCH3 is 3. The molecule has 0 saturated carbocycles. The van der Waals surface area contributed by atoms with Crippen LogP contribution < -0.4 is 23.8 Å². The number of nitrogens with one attached hydrogen (secondary N) is 1. The lowest BCUT2D eigenvalue weighted by atomic mass is 10.1. The van der Waals surface area contributed by atoms with Gasteiger partial charge in [-0.15, -0.1) is 0 Å². The maximum absolute atomic E-state index is 14.3. The number of hydrogen-bond donors (Lipinski definition) is 1. The van der Waals surface area contributed by atoms with Gasteiger partial charge in [-0.1, -0.05) is 48.3 Å². The van der Waals surface area contributed by atoms with Crippen LogP contribution in [0.1, 0.15) is 25.8 Å². The molecule has 3 rings (SSSR count). The van der Waals surface area contributed by atoms with E-state index in [2.05, 4.69) is 5.32 Å². The molecule has 10 nitrogen and oxygen atoms in total. The van der Waals surface area contributed by atoms with Crippen LogP contribution in [0.5, 0.6) is 17.2 Å². The SMILES string of the molecule is CCCNC(=O)[C@@H](C)N(Cc1ccccc1Cl)C(=O)CN(c1cc(Cl)ccc1OC)S(=O)(=O)c1ccc(OC)c(OC)c1. The van der Waals surface area contributed by atoms with E-state index in [0.29, 0.717) is 29.3 Å². The van der Waals surface area contributed by atoms with Crippen LogP contribution in [-0.4, -0.2) is 65.6 Å². The molecule has 0 heterocycles. The lowest BCUT2D eigenvalue weighted by Gasteiger charge is -2.32. The highest BCUT2D eigenvalue weighted by molar-refractivity contribution is 7.92. The van der Waals surface area contributed by atoms with E-state index < -0.39 is 34.4 Å². The summed E-state index contributed by atoms with van der Waals surface area (Å²) in [5.41, 5.74) is 0.612. The maximum Gasteiger partial charge on any atom is 0.265 e. The van der Waals surface area contributed by atoms with Crippen LogP contribution in [-0.2, 0) is 26.2 Å². The molecule has 2 amide bonds. The van der Waals surface area contributed by atoms with Gasteiger partial charge in [-0.25, -0.2) is 8.42 Å². The van der Waals surface area contributed by atoms with Crippen molar-refractivity contribution in [1.82, 2.24) is 10.2 Å². The van der Waals surface area contributed by atoms with Crippen molar-refractivity contribution in [3.05, 3.63) is 76.3 Å². The van der Waals surface area contributed by atoms with Gasteiger partial charge >= 0.3 is 0 Å². The monoisotopic (exact) mass is 651 g/mol. The Kier molecular flexibility index (Phi) is 11.9. The molecule has 3 aromatic rings. The second-order valence-corrected chi connectivity index (χ2v) is 12.1. The highest BCUT2D eigenvalue weighted by atomic mass is 35.5. The van der Waals surface area contributed by atoms with Crippen LogP contribution in [0, 0.1) is 0 Å². The van der Waals surface area contributed by atoms with E-state index in [1.165, 1.54) is 62.6 Å². The molecule has 0 aliphatic heterocycles. The summed E-state index contributed by atoms with van der Waals surface area (Å²) in [5, 5.41) is 3.41.